The third-order valence-corrected chi connectivity index (χ3v) is 4.81. The van der Waals surface area contributed by atoms with E-state index in [0.717, 1.165) is 39.2 Å². The molecule has 9 heteroatoms. The van der Waals surface area contributed by atoms with Crippen molar-refractivity contribution >= 4 is 28.6 Å². The van der Waals surface area contributed by atoms with Crippen molar-refractivity contribution in [1.29, 1.82) is 0 Å². The number of hydrogen-bond donors (Lipinski definition) is 3. The Hall–Kier alpha value is -4.11. The van der Waals surface area contributed by atoms with Crippen LogP contribution in [0.1, 0.15) is 0 Å². The van der Waals surface area contributed by atoms with Gasteiger partial charge in [0.25, 0.3) is 0 Å². The molecule has 4 rings (SSSR count). The van der Waals surface area contributed by atoms with Crippen molar-refractivity contribution in [3.05, 3.63) is 61.3 Å². The second-order valence-electron chi connectivity index (χ2n) is 7.44. The molecule has 0 bridgehead atoms. The number of fused-ring (bicyclic) bond motifs is 1. The number of hydrogen-bond acceptors (Lipinski definition) is 7. The molecule has 0 aromatic carbocycles. The summed E-state index contributed by atoms with van der Waals surface area (Å²) in [6.45, 7) is 0.688. The number of pyridine rings is 2. The Morgan fingerprint density at radius 2 is 1.97 bits per heavy atom. The van der Waals surface area contributed by atoms with Gasteiger partial charge in [0.15, 0.2) is 0 Å². The molecule has 0 fully saturated rings. The van der Waals surface area contributed by atoms with E-state index < -0.39 is 0 Å². The Morgan fingerprint density at radius 3 is 2.78 bits per heavy atom. The second kappa shape index (κ2) is 9.36. The molecule has 9 nitrogen and oxygen atoms in total. The Morgan fingerprint density at radius 1 is 1.09 bits per heavy atom. The summed E-state index contributed by atoms with van der Waals surface area (Å²) in [6.07, 6.45) is 10.2. The van der Waals surface area contributed by atoms with Gasteiger partial charge in [-0.2, -0.15) is 0 Å². The molecular weight excluding hydrogens is 404 g/mol. The highest BCUT2D eigenvalue weighted by atomic mass is 16.1. The number of nitrogens with zero attached hydrogens (tertiary/aromatic N) is 5. The van der Waals surface area contributed by atoms with Crippen LogP contribution < -0.4 is 10.6 Å². The third-order valence-electron chi connectivity index (χ3n) is 4.81. The lowest BCUT2D eigenvalue weighted by molar-refractivity contribution is -0.111. The number of nitrogens with one attached hydrogen (secondary N) is 3. The van der Waals surface area contributed by atoms with E-state index in [0.29, 0.717) is 12.4 Å². The topological polar surface area (TPSA) is 112 Å². The summed E-state index contributed by atoms with van der Waals surface area (Å²) in [5, 5.41) is 6.77. The molecule has 0 aliphatic rings. The van der Waals surface area contributed by atoms with E-state index >= 15 is 0 Å². The number of amides is 1. The van der Waals surface area contributed by atoms with Crippen molar-refractivity contribution < 1.29 is 4.79 Å². The molecule has 0 spiro atoms. The van der Waals surface area contributed by atoms with Crippen molar-refractivity contribution in [3.63, 3.8) is 0 Å². The second-order valence-corrected chi connectivity index (χ2v) is 7.44. The summed E-state index contributed by atoms with van der Waals surface area (Å²) >= 11 is 0. The fourth-order valence-corrected chi connectivity index (χ4v) is 3.23. The van der Waals surface area contributed by atoms with Gasteiger partial charge in [-0.15, -0.1) is 0 Å². The molecule has 32 heavy (non-hydrogen) atoms. The quantitative estimate of drug-likeness (QED) is 0.388. The molecule has 162 valence electrons. The first-order valence-electron chi connectivity index (χ1n) is 10.1. The van der Waals surface area contributed by atoms with Crippen LogP contribution in [0.15, 0.2) is 61.3 Å². The van der Waals surface area contributed by atoms with Gasteiger partial charge in [-0.25, -0.2) is 19.9 Å². The van der Waals surface area contributed by atoms with Crippen LogP contribution in [-0.2, 0) is 4.79 Å². The zero-order valence-corrected chi connectivity index (χ0v) is 18.1. The Labute approximate surface area is 185 Å². The van der Waals surface area contributed by atoms with Gasteiger partial charge >= 0.3 is 0 Å². The number of carbonyl (C=O) groups excluding carboxylic acids is 1. The zero-order chi connectivity index (χ0) is 22.5. The summed E-state index contributed by atoms with van der Waals surface area (Å²) in [6, 6.07) is 7.65. The molecule has 0 unspecified atom stereocenters. The summed E-state index contributed by atoms with van der Waals surface area (Å²) in [4.78, 5) is 34.7. The number of likely N-dealkylation sites (N-methyl/N-ethyl adjacent to an activating group) is 1. The van der Waals surface area contributed by atoms with Crippen molar-refractivity contribution in [1.82, 2.24) is 29.8 Å². The molecule has 0 saturated heterocycles. The first-order valence-corrected chi connectivity index (χ1v) is 10.1. The van der Waals surface area contributed by atoms with Crippen LogP contribution in [0.2, 0.25) is 0 Å². The maximum atomic E-state index is 12.1. The minimum absolute atomic E-state index is 0.220. The third kappa shape index (κ3) is 4.79. The molecule has 0 saturated carbocycles. The summed E-state index contributed by atoms with van der Waals surface area (Å²) in [5.41, 5.74) is 4.29. The average molecular weight is 429 g/mol. The maximum Gasteiger partial charge on any atom is 0.249 e. The van der Waals surface area contributed by atoms with Gasteiger partial charge in [-0.05, 0) is 37.9 Å². The smallest absolute Gasteiger partial charge is 0.249 e. The molecule has 0 aliphatic carbocycles. The van der Waals surface area contributed by atoms with Crippen molar-refractivity contribution in [2.45, 2.75) is 0 Å². The Balaban J connectivity index is 1.62. The highest BCUT2D eigenvalue weighted by molar-refractivity contribution is 5.99. The van der Waals surface area contributed by atoms with E-state index in [1.165, 1.54) is 12.4 Å². The van der Waals surface area contributed by atoms with Crippen LogP contribution >= 0.6 is 0 Å². The van der Waals surface area contributed by atoms with Gasteiger partial charge < -0.3 is 20.5 Å². The highest BCUT2D eigenvalue weighted by Crippen LogP contribution is 2.31. The number of H-pyrrole nitrogens is 1. The predicted octanol–water partition coefficient (Wildman–Crippen LogP) is 3.18. The number of carbonyl (C=O) groups is 1. The van der Waals surface area contributed by atoms with E-state index in [-0.39, 0.29) is 5.91 Å². The maximum absolute atomic E-state index is 12.1. The number of rotatable bonds is 7. The molecule has 0 radical (unpaired) electrons. The summed E-state index contributed by atoms with van der Waals surface area (Å²) in [7, 11) is 5.70. The van der Waals surface area contributed by atoms with Crippen LogP contribution in [0.5, 0.6) is 0 Å². The molecule has 0 aliphatic heterocycles. The minimum Gasteiger partial charge on any atom is -0.373 e. The van der Waals surface area contributed by atoms with E-state index in [9.17, 15) is 4.79 Å². The zero-order valence-electron chi connectivity index (χ0n) is 18.1. The van der Waals surface area contributed by atoms with E-state index in [1.54, 1.807) is 18.5 Å². The van der Waals surface area contributed by atoms with Crippen LogP contribution in [0.3, 0.4) is 0 Å². The van der Waals surface area contributed by atoms with Crippen LogP contribution in [-0.4, -0.2) is 63.4 Å². The van der Waals surface area contributed by atoms with Crippen molar-refractivity contribution in [2.24, 2.45) is 0 Å². The highest BCUT2D eigenvalue weighted by Gasteiger charge is 2.11. The van der Waals surface area contributed by atoms with Gasteiger partial charge in [0.05, 0.1) is 5.69 Å². The van der Waals surface area contributed by atoms with Gasteiger partial charge in [-0.3, -0.25) is 4.79 Å². The van der Waals surface area contributed by atoms with Gasteiger partial charge in [0.2, 0.25) is 5.91 Å². The summed E-state index contributed by atoms with van der Waals surface area (Å²) in [5.74, 6) is 0.996. The molecule has 4 aromatic rings. The fourth-order valence-electron chi connectivity index (χ4n) is 3.23. The standard InChI is InChI=1S/C23H24N8O/c1-24-20-11-19(28-14-29-20)18-13-27-23-17(18)9-16(12-26-23)15-6-7-25-21(10-15)30-22(32)5-4-8-31(2)3/h4-7,9-14H,8H2,1-3H3,(H,26,27)(H,24,28,29)(H,25,30,32)/b5-4+. The molecule has 1 amide bonds. The minimum atomic E-state index is -0.220. The van der Waals surface area contributed by atoms with Gasteiger partial charge in [0, 0.05) is 60.8 Å². The van der Waals surface area contributed by atoms with E-state index in [1.807, 2.05) is 56.5 Å². The lowest BCUT2D eigenvalue weighted by atomic mass is 10.1. The normalized spacial score (nSPS) is 11.4. The molecule has 0 atom stereocenters. The largest absolute Gasteiger partial charge is 0.373 e. The summed E-state index contributed by atoms with van der Waals surface area (Å²) < 4.78 is 0. The Bertz CT molecular complexity index is 1280. The molecule has 4 aromatic heterocycles. The molecule has 3 N–H and O–H groups in total. The average Bonchev–Trinajstić information content (AvgIpc) is 3.22. The first-order chi connectivity index (χ1) is 15.5. The van der Waals surface area contributed by atoms with Crippen molar-refractivity contribution in [3.8, 4) is 22.4 Å². The van der Waals surface area contributed by atoms with Gasteiger partial charge in [0.1, 0.15) is 23.6 Å². The molecule has 4 heterocycles. The lowest BCUT2D eigenvalue weighted by Crippen LogP contribution is -2.13. The number of aromatic nitrogens is 5. The Kier molecular flexibility index (Phi) is 6.18. The van der Waals surface area contributed by atoms with Crippen molar-refractivity contribution in [2.75, 3.05) is 38.3 Å². The number of anilines is 2. The van der Waals surface area contributed by atoms with Crippen LogP contribution in [0.25, 0.3) is 33.4 Å². The van der Waals surface area contributed by atoms with Gasteiger partial charge in [-0.1, -0.05) is 6.08 Å². The number of aromatic amines is 1. The predicted molar refractivity (Wildman–Crippen MR) is 126 cm³/mol. The van der Waals surface area contributed by atoms with Crippen LogP contribution in [0, 0.1) is 0 Å². The van der Waals surface area contributed by atoms with Crippen LogP contribution in [0.4, 0.5) is 11.6 Å². The monoisotopic (exact) mass is 428 g/mol. The van der Waals surface area contributed by atoms with E-state index in [2.05, 4.69) is 35.6 Å². The fraction of sp³-hybridized carbons (Fsp3) is 0.174. The SMILES string of the molecule is CNc1cc(-c2c[nH]c3ncc(-c4ccnc(NC(=O)/C=C/CN(C)C)c4)cc23)ncn1. The molecular formula is C23H24N8O. The lowest BCUT2D eigenvalue weighted by Gasteiger charge is -2.07. The first kappa shape index (κ1) is 21.1. The van der Waals surface area contributed by atoms with E-state index in [4.69, 9.17) is 0 Å².